The maximum absolute atomic E-state index is 6.58. The lowest BCUT2D eigenvalue weighted by Crippen LogP contribution is -2.53. The SMILES string of the molecule is CN1CCCN(C)C(C(N)C2CCCCC2)C1. The van der Waals surface area contributed by atoms with Gasteiger partial charge in [-0.2, -0.15) is 0 Å². The lowest BCUT2D eigenvalue weighted by atomic mass is 9.81. The van der Waals surface area contributed by atoms with Gasteiger partial charge in [0, 0.05) is 18.6 Å². The van der Waals surface area contributed by atoms with Crippen LogP contribution in [0, 0.1) is 5.92 Å². The molecule has 0 amide bonds. The molecule has 2 rings (SSSR count). The molecule has 0 radical (unpaired) electrons. The third-order valence-electron chi connectivity index (χ3n) is 4.75. The van der Waals surface area contributed by atoms with Gasteiger partial charge in [0.15, 0.2) is 0 Å². The van der Waals surface area contributed by atoms with Crippen LogP contribution in [0.15, 0.2) is 0 Å². The Bertz CT molecular complexity index is 226. The Labute approximate surface area is 106 Å². The minimum absolute atomic E-state index is 0.376. The minimum Gasteiger partial charge on any atom is -0.326 e. The van der Waals surface area contributed by atoms with Crippen molar-refractivity contribution in [2.75, 3.05) is 33.7 Å². The molecule has 2 aliphatic rings. The van der Waals surface area contributed by atoms with Gasteiger partial charge < -0.3 is 15.5 Å². The van der Waals surface area contributed by atoms with Crippen LogP contribution in [0.5, 0.6) is 0 Å². The molecule has 1 saturated heterocycles. The summed E-state index contributed by atoms with van der Waals surface area (Å²) in [6.45, 7) is 3.57. The predicted molar refractivity (Wildman–Crippen MR) is 73.1 cm³/mol. The Morgan fingerprint density at radius 1 is 1.00 bits per heavy atom. The van der Waals surface area contributed by atoms with Crippen molar-refractivity contribution in [3.63, 3.8) is 0 Å². The van der Waals surface area contributed by atoms with Gasteiger partial charge in [-0.1, -0.05) is 19.3 Å². The van der Waals surface area contributed by atoms with Crippen molar-refractivity contribution >= 4 is 0 Å². The monoisotopic (exact) mass is 239 g/mol. The van der Waals surface area contributed by atoms with E-state index in [1.54, 1.807) is 0 Å². The van der Waals surface area contributed by atoms with Gasteiger partial charge in [-0.05, 0) is 52.4 Å². The van der Waals surface area contributed by atoms with Crippen molar-refractivity contribution in [2.45, 2.75) is 50.6 Å². The van der Waals surface area contributed by atoms with Gasteiger partial charge in [-0.3, -0.25) is 0 Å². The Hall–Kier alpha value is -0.120. The lowest BCUT2D eigenvalue weighted by Gasteiger charge is -2.38. The second-order valence-corrected chi connectivity index (χ2v) is 6.14. The first-order valence-corrected chi connectivity index (χ1v) is 7.33. The molecule has 1 aliphatic carbocycles. The Morgan fingerprint density at radius 3 is 2.41 bits per heavy atom. The first-order valence-electron chi connectivity index (χ1n) is 7.33. The third-order valence-corrected chi connectivity index (χ3v) is 4.75. The number of rotatable bonds is 2. The molecular formula is C14H29N3. The average Bonchev–Trinajstić information content (AvgIpc) is 2.51. The molecule has 3 nitrogen and oxygen atoms in total. The van der Waals surface area contributed by atoms with Gasteiger partial charge in [0.05, 0.1) is 0 Å². The highest BCUT2D eigenvalue weighted by Gasteiger charge is 2.31. The second kappa shape index (κ2) is 6.17. The quantitative estimate of drug-likeness (QED) is 0.793. The molecule has 100 valence electrons. The maximum Gasteiger partial charge on any atom is 0.0373 e. The smallest absolute Gasteiger partial charge is 0.0373 e. The summed E-state index contributed by atoms with van der Waals surface area (Å²) < 4.78 is 0. The summed E-state index contributed by atoms with van der Waals surface area (Å²) >= 11 is 0. The summed E-state index contributed by atoms with van der Waals surface area (Å²) in [5.74, 6) is 0.766. The van der Waals surface area contributed by atoms with E-state index in [9.17, 15) is 0 Å². The largest absolute Gasteiger partial charge is 0.326 e. The normalized spacial score (nSPS) is 32.3. The van der Waals surface area contributed by atoms with E-state index < -0.39 is 0 Å². The van der Waals surface area contributed by atoms with Crippen LogP contribution in [-0.4, -0.2) is 55.6 Å². The molecule has 17 heavy (non-hydrogen) atoms. The fourth-order valence-corrected chi connectivity index (χ4v) is 3.55. The highest BCUT2D eigenvalue weighted by Crippen LogP contribution is 2.28. The van der Waals surface area contributed by atoms with Gasteiger partial charge in [0.2, 0.25) is 0 Å². The first-order chi connectivity index (χ1) is 8.18. The summed E-state index contributed by atoms with van der Waals surface area (Å²) in [5.41, 5.74) is 6.58. The van der Waals surface area contributed by atoms with Crippen molar-refractivity contribution in [3.8, 4) is 0 Å². The zero-order valence-electron chi connectivity index (χ0n) is 11.6. The van der Waals surface area contributed by atoms with E-state index in [1.165, 1.54) is 51.6 Å². The van der Waals surface area contributed by atoms with Crippen molar-refractivity contribution < 1.29 is 0 Å². The van der Waals surface area contributed by atoms with Crippen LogP contribution in [0.25, 0.3) is 0 Å². The summed E-state index contributed by atoms with van der Waals surface area (Å²) in [4.78, 5) is 4.96. The maximum atomic E-state index is 6.58. The van der Waals surface area contributed by atoms with Crippen LogP contribution in [0.2, 0.25) is 0 Å². The molecule has 2 N–H and O–H groups in total. The lowest BCUT2D eigenvalue weighted by molar-refractivity contribution is 0.148. The van der Waals surface area contributed by atoms with Crippen molar-refractivity contribution in [1.82, 2.24) is 9.80 Å². The van der Waals surface area contributed by atoms with Crippen molar-refractivity contribution in [3.05, 3.63) is 0 Å². The van der Waals surface area contributed by atoms with Crippen LogP contribution in [-0.2, 0) is 0 Å². The van der Waals surface area contributed by atoms with E-state index in [-0.39, 0.29) is 0 Å². The van der Waals surface area contributed by atoms with Crippen LogP contribution in [0.3, 0.4) is 0 Å². The van der Waals surface area contributed by atoms with Gasteiger partial charge >= 0.3 is 0 Å². The summed E-state index contributed by atoms with van der Waals surface area (Å²) in [5, 5.41) is 0. The number of nitrogens with two attached hydrogens (primary N) is 1. The summed E-state index contributed by atoms with van der Waals surface area (Å²) in [7, 11) is 4.49. The molecule has 1 saturated carbocycles. The fourth-order valence-electron chi connectivity index (χ4n) is 3.55. The van der Waals surface area contributed by atoms with Gasteiger partial charge in [-0.25, -0.2) is 0 Å². The molecule has 2 unspecified atom stereocenters. The highest BCUT2D eigenvalue weighted by molar-refractivity contribution is 4.90. The van der Waals surface area contributed by atoms with Crippen molar-refractivity contribution in [2.24, 2.45) is 11.7 Å². The molecule has 0 aromatic heterocycles. The topological polar surface area (TPSA) is 32.5 Å². The summed E-state index contributed by atoms with van der Waals surface area (Å²) in [6.07, 6.45) is 8.20. The Kier molecular flexibility index (Phi) is 4.83. The predicted octanol–water partition coefficient (Wildman–Crippen LogP) is 1.53. The summed E-state index contributed by atoms with van der Waals surface area (Å²) in [6, 6.07) is 0.937. The molecule has 2 atom stereocenters. The van der Waals surface area contributed by atoms with E-state index in [1.807, 2.05) is 0 Å². The zero-order valence-corrected chi connectivity index (χ0v) is 11.6. The van der Waals surface area contributed by atoms with Crippen LogP contribution in [0.4, 0.5) is 0 Å². The van der Waals surface area contributed by atoms with E-state index in [0.29, 0.717) is 12.1 Å². The van der Waals surface area contributed by atoms with E-state index in [2.05, 4.69) is 23.9 Å². The number of hydrogen-bond acceptors (Lipinski definition) is 3. The standard InChI is InChI=1S/C14H29N3/c1-16-9-6-10-17(2)13(11-16)14(15)12-7-4-3-5-8-12/h12-14H,3-11,15H2,1-2H3. The molecule has 0 aromatic carbocycles. The van der Waals surface area contributed by atoms with Crippen LogP contribution < -0.4 is 5.73 Å². The zero-order chi connectivity index (χ0) is 12.3. The number of likely N-dealkylation sites (N-methyl/N-ethyl adjacent to an activating group) is 2. The Morgan fingerprint density at radius 2 is 1.71 bits per heavy atom. The Balaban J connectivity index is 1.96. The average molecular weight is 239 g/mol. The molecule has 1 aliphatic heterocycles. The molecular weight excluding hydrogens is 210 g/mol. The van der Waals surface area contributed by atoms with Crippen molar-refractivity contribution in [1.29, 1.82) is 0 Å². The minimum atomic E-state index is 0.376. The molecule has 0 aromatic rings. The van der Waals surface area contributed by atoms with E-state index in [0.717, 1.165) is 12.5 Å². The second-order valence-electron chi connectivity index (χ2n) is 6.14. The van der Waals surface area contributed by atoms with Gasteiger partial charge in [0.1, 0.15) is 0 Å². The fraction of sp³-hybridized carbons (Fsp3) is 1.00. The molecule has 1 heterocycles. The number of hydrogen-bond donors (Lipinski definition) is 1. The van der Waals surface area contributed by atoms with Crippen LogP contribution in [0.1, 0.15) is 38.5 Å². The third kappa shape index (κ3) is 3.43. The van der Waals surface area contributed by atoms with E-state index in [4.69, 9.17) is 5.73 Å². The first kappa shape index (κ1) is 13.3. The van der Waals surface area contributed by atoms with Gasteiger partial charge in [-0.15, -0.1) is 0 Å². The van der Waals surface area contributed by atoms with Gasteiger partial charge in [0.25, 0.3) is 0 Å². The molecule has 0 spiro atoms. The highest BCUT2D eigenvalue weighted by atomic mass is 15.2. The molecule has 3 heteroatoms. The molecule has 0 bridgehead atoms. The molecule has 2 fully saturated rings. The number of nitrogens with zero attached hydrogens (tertiary/aromatic N) is 2. The van der Waals surface area contributed by atoms with Crippen LogP contribution >= 0.6 is 0 Å². The van der Waals surface area contributed by atoms with E-state index >= 15 is 0 Å².